The van der Waals surface area contributed by atoms with E-state index in [0.717, 1.165) is 17.7 Å². The fraction of sp³-hybridized carbons (Fsp3) is 0.240. The van der Waals surface area contributed by atoms with Crippen molar-refractivity contribution in [2.24, 2.45) is 0 Å². The van der Waals surface area contributed by atoms with Gasteiger partial charge in [0.2, 0.25) is 10.0 Å². The second-order valence-electron chi connectivity index (χ2n) is 7.40. The Hall–Kier alpha value is -3.32. The smallest absolute Gasteiger partial charge is 0.251 e. The van der Waals surface area contributed by atoms with Crippen LogP contribution in [-0.2, 0) is 23.0 Å². The van der Waals surface area contributed by atoms with Gasteiger partial charge in [-0.2, -0.15) is 0 Å². The first-order valence-corrected chi connectivity index (χ1v) is 12.3. The first-order valence-electron chi connectivity index (χ1n) is 10.5. The maximum atomic E-state index is 12.4. The van der Waals surface area contributed by atoms with E-state index < -0.39 is 10.0 Å². The zero-order valence-corrected chi connectivity index (χ0v) is 19.1. The Balaban J connectivity index is 1.56. The van der Waals surface area contributed by atoms with Crippen LogP contribution < -0.4 is 14.4 Å². The number of aryl methyl sites for hydroxylation is 1. The van der Waals surface area contributed by atoms with Gasteiger partial charge in [0.25, 0.3) is 5.91 Å². The molecule has 0 fully saturated rings. The molecular weight excluding hydrogens is 424 g/mol. The maximum Gasteiger partial charge on any atom is 0.251 e. The van der Waals surface area contributed by atoms with Crippen molar-refractivity contribution < 1.29 is 17.9 Å². The number of sulfonamides is 1. The number of amides is 1. The van der Waals surface area contributed by atoms with Gasteiger partial charge in [0, 0.05) is 5.56 Å². The molecule has 0 saturated carbocycles. The second-order valence-corrected chi connectivity index (χ2v) is 9.31. The summed E-state index contributed by atoms with van der Waals surface area (Å²) < 4.78 is 31.6. The van der Waals surface area contributed by atoms with Gasteiger partial charge in [0.15, 0.2) is 0 Å². The number of hydrogen-bond donors (Lipinski definition) is 1. The Morgan fingerprint density at radius 1 is 0.906 bits per heavy atom. The van der Waals surface area contributed by atoms with Crippen LogP contribution in [0.5, 0.6) is 5.75 Å². The highest BCUT2D eigenvalue weighted by atomic mass is 32.2. The fourth-order valence-corrected chi connectivity index (χ4v) is 4.07. The first kappa shape index (κ1) is 23.3. The number of carbonyl (C=O) groups is 1. The van der Waals surface area contributed by atoms with Crippen molar-refractivity contribution in [2.45, 2.75) is 19.9 Å². The number of ether oxygens (including phenoxy) is 1. The Labute approximate surface area is 189 Å². The molecule has 3 aromatic rings. The number of nitrogens with one attached hydrogen (secondary N) is 1. The summed E-state index contributed by atoms with van der Waals surface area (Å²) in [6, 6.07) is 23.8. The Morgan fingerprint density at radius 3 is 2.16 bits per heavy atom. The van der Waals surface area contributed by atoms with E-state index in [1.165, 1.54) is 16.1 Å². The molecule has 1 amide bonds. The third kappa shape index (κ3) is 6.59. The van der Waals surface area contributed by atoms with E-state index in [0.29, 0.717) is 24.4 Å². The minimum absolute atomic E-state index is 0.224. The van der Waals surface area contributed by atoms with Gasteiger partial charge in [-0.3, -0.25) is 9.10 Å². The van der Waals surface area contributed by atoms with Gasteiger partial charge in [-0.05, 0) is 53.9 Å². The van der Waals surface area contributed by atoms with E-state index in [-0.39, 0.29) is 12.5 Å². The van der Waals surface area contributed by atoms with Crippen LogP contribution in [0.1, 0.15) is 28.4 Å². The van der Waals surface area contributed by atoms with Crippen molar-refractivity contribution in [3.05, 3.63) is 95.6 Å². The molecule has 0 aliphatic carbocycles. The lowest BCUT2D eigenvalue weighted by Gasteiger charge is -2.22. The molecule has 32 heavy (non-hydrogen) atoms. The fourth-order valence-electron chi connectivity index (χ4n) is 3.19. The van der Waals surface area contributed by atoms with Crippen LogP contribution >= 0.6 is 0 Å². The Bertz CT molecular complexity index is 1110. The van der Waals surface area contributed by atoms with Crippen LogP contribution in [0.4, 0.5) is 5.69 Å². The topological polar surface area (TPSA) is 75.7 Å². The highest BCUT2D eigenvalue weighted by Crippen LogP contribution is 2.21. The van der Waals surface area contributed by atoms with Crippen LogP contribution in [0.3, 0.4) is 0 Å². The molecule has 0 radical (unpaired) electrons. The largest absolute Gasteiger partial charge is 0.492 e. The molecule has 6 nitrogen and oxygen atoms in total. The van der Waals surface area contributed by atoms with Gasteiger partial charge in [-0.25, -0.2) is 8.42 Å². The Kier molecular flexibility index (Phi) is 7.89. The van der Waals surface area contributed by atoms with Crippen molar-refractivity contribution >= 4 is 21.6 Å². The maximum absolute atomic E-state index is 12.4. The summed E-state index contributed by atoms with van der Waals surface area (Å²) in [5.74, 6) is 0.524. The van der Waals surface area contributed by atoms with E-state index >= 15 is 0 Å². The van der Waals surface area contributed by atoms with Crippen molar-refractivity contribution in [3.63, 3.8) is 0 Å². The first-order chi connectivity index (χ1) is 15.4. The van der Waals surface area contributed by atoms with Crippen molar-refractivity contribution in [1.82, 2.24) is 5.32 Å². The summed E-state index contributed by atoms with van der Waals surface area (Å²) in [5.41, 5.74) is 3.08. The molecule has 0 unspecified atom stereocenters. The molecule has 1 N–H and O–H groups in total. The predicted molar refractivity (Wildman–Crippen MR) is 128 cm³/mol. The van der Waals surface area contributed by atoms with Gasteiger partial charge in [-0.15, -0.1) is 0 Å². The van der Waals surface area contributed by atoms with E-state index in [9.17, 15) is 13.2 Å². The molecule has 0 heterocycles. The van der Waals surface area contributed by atoms with Crippen molar-refractivity contribution in [2.75, 3.05) is 23.7 Å². The average Bonchev–Trinajstić information content (AvgIpc) is 2.80. The van der Waals surface area contributed by atoms with Crippen LogP contribution in [-0.4, -0.2) is 33.7 Å². The number of anilines is 1. The van der Waals surface area contributed by atoms with Gasteiger partial charge < -0.3 is 10.1 Å². The number of nitrogens with zero attached hydrogens (tertiary/aromatic N) is 1. The van der Waals surface area contributed by atoms with Crippen molar-refractivity contribution in [1.29, 1.82) is 0 Å². The molecule has 3 rings (SSSR count). The quantitative estimate of drug-likeness (QED) is 0.472. The lowest BCUT2D eigenvalue weighted by Crippen LogP contribution is -2.30. The SMILES string of the molecule is CCc1ccc(OCCNC(=O)c2ccc(N(Cc3ccccc3)S(C)(=O)=O)cc2)cc1. The summed E-state index contributed by atoms with van der Waals surface area (Å²) in [7, 11) is -3.48. The highest BCUT2D eigenvalue weighted by Gasteiger charge is 2.18. The summed E-state index contributed by atoms with van der Waals surface area (Å²) in [5, 5.41) is 2.81. The minimum atomic E-state index is -3.48. The molecule has 0 aromatic heterocycles. The van der Waals surface area contributed by atoms with E-state index in [1.54, 1.807) is 24.3 Å². The normalized spacial score (nSPS) is 11.1. The zero-order valence-electron chi connectivity index (χ0n) is 18.3. The predicted octanol–water partition coefficient (Wildman–Crippen LogP) is 4.02. The molecular formula is C25H28N2O4S. The third-order valence-electron chi connectivity index (χ3n) is 4.97. The molecule has 0 saturated heterocycles. The third-order valence-corrected chi connectivity index (χ3v) is 6.12. The van der Waals surface area contributed by atoms with Gasteiger partial charge in [0.05, 0.1) is 25.0 Å². The van der Waals surface area contributed by atoms with Crippen LogP contribution in [0.15, 0.2) is 78.9 Å². The summed E-state index contributed by atoms with van der Waals surface area (Å²) in [4.78, 5) is 12.4. The standard InChI is InChI=1S/C25H28N2O4S/c1-3-20-9-15-24(16-10-20)31-18-17-26-25(28)22-11-13-23(14-12-22)27(32(2,29)30)19-21-7-5-4-6-8-21/h4-16H,3,17-19H2,1-2H3,(H,26,28). The average molecular weight is 453 g/mol. The van der Waals surface area contributed by atoms with Crippen LogP contribution in [0.25, 0.3) is 0 Å². The molecule has 0 spiro atoms. The van der Waals surface area contributed by atoms with Gasteiger partial charge in [-0.1, -0.05) is 49.4 Å². The summed E-state index contributed by atoms with van der Waals surface area (Å²) in [6.45, 7) is 3.04. The number of rotatable bonds is 10. The second kappa shape index (κ2) is 10.8. The van der Waals surface area contributed by atoms with Gasteiger partial charge >= 0.3 is 0 Å². The van der Waals surface area contributed by atoms with E-state index in [2.05, 4.69) is 12.2 Å². The van der Waals surface area contributed by atoms with Crippen LogP contribution in [0, 0.1) is 0 Å². The number of carbonyl (C=O) groups excluding carboxylic acids is 1. The lowest BCUT2D eigenvalue weighted by molar-refractivity contribution is 0.0947. The number of benzene rings is 3. The molecule has 3 aromatic carbocycles. The van der Waals surface area contributed by atoms with Crippen LogP contribution in [0.2, 0.25) is 0 Å². The molecule has 7 heteroatoms. The minimum Gasteiger partial charge on any atom is -0.492 e. The molecule has 168 valence electrons. The lowest BCUT2D eigenvalue weighted by atomic mass is 10.2. The number of hydrogen-bond acceptors (Lipinski definition) is 4. The van der Waals surface area contributed by atoms with E-state index in [1.807, 2.05) is 54.6 Å². The molecule has 0 atom stereocenters. The van der Waals surface area contributed by atoms with E-state index in [4.69, 9.17) is 4.74 Å². The molecule has 0 bridgehead atoms. The Morgan fingerprint density at radius 2 is 1.56 bits per heavy atom. The monoisotopic (exact) mass is 452 g/mol. The molecule has 0 aliphatic rings. The van der Waals surface area contributed by atoms with Gasteiger partial charge in [0.1, 0.15) is 12.4 Å². The summed E-state index contributed by atoms with van der Waals surface area (Å²) >= 11 is 0. The summed E-state index contributed by atoms with van der Waals surface area (Å²) in [6.07, 6.45) is 2.15. The zero-order chi connectivity index (χ0) is 23.0. The highest BCUT2D eigenvalue weighted by molar-refractivity contribution is 7.92. The van der Waals surface area contributed by atoms with Crippen molar-refractivity contribution in [3.8, 4) is 5.75 Å². The molecule has 0 aliphatic heterocycles.